The average Bonchev–Trinajstić information content (AvgIpc) is 3.58. The number of fused-ring (bicyclic) bond motifs is 1. The standard InChI is InChI=1S/C28H28N4O5/c1-18-7-9-19(10-8-18)16-29-27(34)28(2)17-31-24(15-23(30-31)25-6-5-11-37-25)26(33)32(28)20-12-21(35-3)14-22(13-20)36-4/h5-15H,16-17H2,1-4H3,(H,29,34)/t28-/m1/s1. The topological polar surface area (TPSA) is 98.8 Å². The number of aromatic nitrogens is 2. The molecule has 0 radical (unpaired) electrons. The third-order valence-corrected chi connectivity index (χ3v) is 6.58. The van der Waals surface area contributed by atoms with Gasteiger partial charge in [-0.05, 0) is 31.5 Å². The van der Waals surface area contributed by atoms with Gasteiger partial charge in [-0.15, -0.1) is 0 Å². The Hall–Kier alpha value is -4.53. The smallest absolute Gasteiger partial charge is 0.277 e. The third-order valence-electron chi connectivity index (χ3n) is 6.58. The van der Waals surface area contributed by atoms with Crippen molar-refractivity contribution in [3.63, 3.8) is 0 Å². The molecule has 0 unspecified atom stereocenters. The summed E-state index contributed by atoms with van der Waals surface area (Å²) in [5.41, 5.74) is 2.12. The zero-order chi connectivity index (χ0) is 26.2. The van der Waals surface area contributed by atoms with Gasteiger partial charge in [-0.3, -0.25) is 19.2 Å². The number of hydrogen-bond donors (Lipinski definition) is 1. The van der Waals surface area contributed by atoms with E-state index >= 15 is 0 Å². The second-order valence-electron chi connectivity index (χ2n) is 9.20. The van der Waals surface area contributed by atoms with E-state index in [1.807, 2.05) is 31.2 Å². The van der Waals surface area contributed by atoms with Crippen LogP contribution in [0.4, 0.5) is 5.69 Å². The van der Waals surface area contributed by atoms with Gasteiger partial charge in [0.1, 0.15) is 28.4 Å². The molecule has 0 saturated carbocycles. The number of aryl methyl sites for hydroxylation is 1. The fourth-order valence-corrected chi connectivity index (χ4v) is 4.53. The molecule has 1 N–H and O–H groups in total. The van der Waals surface area contributed by atoms with Crippen LogP contribution < -0.4 is 19.7 Å². The van der Waals surface area contributed by atoms with Crippen LogP contribution >= 0.6 is 0 Å². The monoisotopic (exact) mass is 500 g/mol. The summed E-state index contributed by atoms with van der Waals surface area (Å²) in [6, 6.07) is 18.3. The molecule has 0 saturated heterocycles. The lowest BCUT2D eigenvalue weighted by atomic mass is 9.93. The minimum absolute atomic E-state index is 0.133. The summed E-state index contributed by atoms with van der Waals surface area (Å²) in [5.74, 6) is 0.846. The number of amides is 2. The predicted octanol–water partition coefficient (Wildman–Crippen LogP) is 4.20. The van der Waals surface area contributed by atoms with Crippen molar-refractivity contribution in [1.29, 1.82) is 0 Å². The lowest BCUT2D eigenvalue weighted by Gasteiger charge is -2.43. The molecule has 5 rings (SSSR count). The fourth-order valence-electron chi connectivity index (χ4n) is 4.53. The molecular weight excluding hydrogens is 472 g/mol. The third kappa shape index (κ3) is 4.44. The molecule has 0 aliphatic carbocycles. The summed E-state index contributed by atoms with van der Waals surface area (Å²) in [7, 11) is 3.07. The number of benzene rings is 2. The van der Waals surface area contributed by atoms with Gasteiger partial charge in [0.05, 0.1) is 32.7 Å². The van der Waals surface area contributed by atoms with Crippen molar-refractivity contribution in [1.82, 2.24) is 15.1 Å². The number of carbonyl (C=O) groups is 2. The van der Waals surface area contributed by atoms with Crippen molar-refractivity contribution < 1.29 is 23.5 Å². The van der Waals surface area contributed by atoms with Crippen LogP contribution in [-0.2, 0) is 17.9 Å². The second-order valence-corrected chi connectivity index (χ2v) is 9.20. The van der Waals surface area contributed by atoms with Crippen LogP contribution in [0.15, 0.2) is 71.3 Å². The Balaban J connectivity index is 1.57. The van der Waals surface area contributed by atoms with Crippen molar-refractivity contribution >= 4 is 17.5 Å². The molecule has 190 valence electrons. The van der Waals surface area contributed by atoms with Crippen molar-refractivity contribution in [2.75, 3.05) is 19.1 Å². The first-order valence-corrected chi connectivity index (χ1v) is 11.9. The van der Waals surface area contributed by atoms with Gasteiger partial charge in [0.15, 0.2) is 5.76 Å². The Morgan fingerprint density at radius 2 is 1.78 bits per heavy atom. The maximum Gasteiger partial charge on any atom is 0.277 e. The zero-order valence-electron chi connectivity index (χ0n) is 21.1. The first-order valence-electron chi connectivity index (χ1n) is 11.9. The molecule has 2 aromatic carbocycles. The molecule has 4 aromatic rings. The van der Waals surface area contributed by atoms with Gasteiger partial charge in [0, 0.05) is 30.8 Å². The second kappa shape index (κ2) is 9.50. The SMILES string of the molecule is COc1cc(OC)cc(N2C(=O)c3cc(-c4ccco4)nn3C[C@]2(C)C(=O)NCc2ccc(C)cc2)c1. The maximum atomic E-state index is 14.0. The van der Waals surface area contributed by atoms with Gasteiger partial charge in [0.25, 0.3) is 5.91 Å². The number of rotatable bonds is 7. The molecule has 2 amide bonds. The number of anilines is 1. The van der Waals surface area contributed by atoms with E-state index in [1.54, 1.807) is 54.3 Å². The van der Waals surface area contributed by atoms with Crippen LogP contribution in [-0.4, -0.2) is 41.4 Å². The maximum absolute atomic E-state index is 14.0. The van der Waals surface area contributed by atoms with Crippen LogP contribution in [0.5, 0.6) is 11.5 Å². The minimum Gasteiger partial charge on any atom is -0.497 e. The molecule has 0 fully saturated rings. The largest absolute Gasteiger partial charge is 0.497 e. The lowest BCUT2D eigenvalue weighted by Crippen LogP contribution is -2.64. The molecule has 1 aliphatic heterocycles. The number of ether oxygens (including phenoxy) is 2. The highest BCUT2D eigenvalue weighted by Crippen LogP contribution is 2.37. The van der Waals surface area contributed by atoms with Crippen LogP contribution in [0, 0.1) is 6.92 Å². The van der Waals surface area contributed by atoms with Crippen LogP contribution in [0.25, 0.3) is 11.5 Å². The molecule has 3 heterocycles. The first kappa shape index (κ1) is 24.2. The minimum atomic E-state index is -1.31. The number of furan rings is 1. The highest BCUT2D eigenvalue weighted by Gasteiger charge is 2.49. The van der Waals surface area contributed by atoms with Crippen LogP contribution in [0.3, 0.4) is 0 Å². The summed E-state index contributed by atoms with van der Waals surface area (Å²) in [6.45, 7) is 4.20. The summed E-state index contributed by atoms with van der Waals surface area (Å²) in [5, 5.41) is 7.61. The molecule has 9 heteroatoms. The number of carbonyl (C=O) groups excluding carboxylic acids is 2. The molecule has 0 spiro atoms. The molecular formula is C28H28N4O5. The Kier molecular flexibility index (Phi) is 6.20. The zero-order valence-corrected chi connectivity index (χ0v) is 21.1. The highest BCUT2D eigenvalue weighted by molar-refractivity contribution is 6.12. The van der Waals surface area contributed by atoms with Gasteiger partial charge in [-0.2, -0.15) is 5.10 Å². The summed E-state index contributed by atoms with van der Waals surface area (Å²) in [6.07, 6.45) is 1.55. The first-order chi connectivity index (χ1) is 17.8. The van der Waals surface area contributed by atoms with Gasteiger partial charge in [0.2, 0.25) is 5.91 Å². The highest BCUT2D eigenvalue weighted by atomic mass is 16.5. The molecule has 0 bridgehead atoms. The molecule has 37 heavy (non-hydrogen) atoms. The van der Waals surface area contributed by atoms with E-state index in [1.165, 1.54) is 19.1 Å². The van der Waals surface area contributed by atoms with E-state index < -0.39 is 5.54 Å². The number of nitrogens with zero attached hydrogens (tertiary/aromatic N) is 3. The predicted molar refractivity (Wildman–Crippen MR) is 138 cm³/mol. The van der Waals surface area contributed by atoms with E-state index in [9.17, 15) is 9.59 Å². The van der Waals surface area contributed by atoms with E-state index in [-0.39, 0.29) is 18.4 Å². The van der Waals surface area contributed by atoms with E-state index in [2.05, 4.69) is 10.4 Å². The summed E-state index contributed by atoms with van der Waals surface area (Å²) >= 11 is 0. The van der Waals surface area contributed by atoms with Gasteiger partial charge >= 0.3 is 0 Å². The van der Waals surface area contributed by atoms with Crippen LogP contribution in [0.2, 0.25) is 0 Å². The van der Waals surface area contributed by atoms with Gasteiger partial charge in [-0.25, -0.2) is 0 Å². The van der Waals surface area contributed by atoms with Gasteiger partial charge in [-0.1, -0.05) is 29.8 Å². The Morgan fingerprint density at radius 3 is 2.41 bits per heavy atom. The van der Waals surface area contributed by atoms with Crippen molar-refractivity contribution in [3.8, 4) is 23.0 Å². The number of methoxy groups -OCH3 is 2. The quantitative estimate of drug-likeness (QED) is 0.408. The van der Waals surface area contributed by atoms with Crippen LogP contribution in [0.1, 0.15) is 28.5 Å². The Morgan fingerprint density at radius 1 is 1.08 bits per heavy atom. The van der Waals surface area contributed by atoms with Gasteiger partial charge < -0.3 is 19.2 Å². The molecule has 2 aromatic heterocycles. The average molecular weight is 501 g/mol. The van der Waals surface area contributed by atoms with E-state index in [0.29, 0.717) is 40.9 Å². The molecule has 1 atom stereocenters. The van der Waals surface area contributed by atoms with Crippen molar-refractivity contribution in [2.24, 2.45) is 0 Å². The van der Waals surface area contributed by atoms with Crippen molar-refractivity contribution in [2.45, 2.75) is 32.5 Å². The molecule has 9 nitrogen and oxygen atoms in total. The lowest BCUT2D eigenvalue weighted by molar-refractivity contribution is -0.126. The molecule has 1 aliphatic rings. The Bertz CT molecular complexity index is 1420. The van der Waals surface area contributed by atoms with Crippen molar-refractivity contribution in [3.05, 3.63) is 83.7 Å². The van der Waals surface area contributed by atoms with E-state index in [4.69, 9.17) is 13.9 Å². The summed E-state index contributed by atoms with van der Waals surface area (Å²) in [4.78, 5) is 29.3. The number of nitrogens with one attached hydrogen (secondary N) is 1. The number of hydrogen-bond acceptors (Lipinski definition) is 6. The Labute approximate surface area is 214 Å². The summed E-state index contributed by atoms with van der Waals surface area (Å²) < 4.78 is 17.9. The fraction of sp³-hybridized carbons (Fsp3) is 0.250. The van der Waals surface area contributed by atoms with E-state index in [0.717, 1.165) is 11.1 Å². The normalized spacial score (nSPS) is 16.9.